The molecule has 0 spiro atoms. The molecule has 0 aliphatic heterocycles. The van der Waals surface area contributed by atoms with Gasteiger partial charge >= 0.3 is 5.97 Å². The van der Waals surface area contributed by atoms with E-state index < -0.39 is 5.97 Å². The molecule has 1 aromatic carbocycles. The number of aromatic hydroxyl groups is 1. The van der Waals surface area contributed by atoms with E-state index in [0.29, 0.717) is 0 Å². The average Bonchev–Trinajstić information content (AvgIpc) is 3.22. The van der Waals surface area contributed by atoms with Gasteiger partial charge in [-0.25, -0.2) is 4.79 Å². The first-order chi connectivity index (χ1) is 9.54. The van der Waals surface area contributed by atoms with E-state index in [2.05, 4.69) is 6.92 Å². The van der Waals surface area contributed by atoms with Gasteiger partial charge in [-0.1, -0.05) is 63.5 Å². The third-order valence-corrected chi connectivity index (χ3v) is 3.55. The second kappa shape index (κ2) is 8.62. The SMILES string of the molecule is CCCCCCC1CC1.Cc1ccc(O)c(C(=O)O)c1. The molecule has 0 heterocycles. The lowest BCUT2D eigenvalue weighted by Crippen LogP contribution is -1.96. The molecule has 1 aliphatic rings. The quantitative estimate of drug-likeness (QED) is 0.737. The standard InChI is InChI=1S/C9H18.C8H8O3/c1-2-3-4-5-6-9-7-8-9;1-5-2-3-7(9)6(4-5)8(10)11/h9H,2-8H2,1H3;2-4,9H,1H3,(H,10,11). The maximum absolute atomic E-state index is 10.4. The van der Waals surface area contributed by atoms with Gasteiger partial charge in [0.25, 0.3) is 0 Å². The Kier molecular flexibility index (Phi) is 7.13. The highest BCUT2D eigenvalue weighted by Crippen LogP contribution is 2.34. The summed E-state index contributed by atoms with van der Waals surface area (Å²) in [6, 6.07) is 4.46. The van der Waals surface area contributed by atoms with Gasteiger partial charge in [-0.15, -0.1) is 0 Å². The molecule has 2 rings (SSSR count). The van der Waals surface area contributed by atoms with E-state index in [4.69, 9.17) is 10.2 Å². The minimum atomic E-state index is -1.11. The van der Waals surface area contributed by atoms with Gasteiger partial charge in [0.05, 0.1) is 0 Å². The maximum Gasteiger partial charge on any atom is 0.339 e. The van der Waals surface area contributed by atoms with Gasteiger partial charge < -0.3 is 10.2 Å². The van der Waals surface area contributed by atoms with Gasteiger partial charge in [0.1, 0.15) is 11.3 Å². The third-order valence-electron chi connectivity index (χ3n) is 3.55. The van der Waals surface area contributed by atoms with Gasteiger partial charge in [0.2, 0.25) is 0 Å². The summed E-state index contributed by atoms with van der Waals surface area (Å²) in [5.41, 5.74) is 0.769. The summed E-state index contributed by atoms with van der Waals surface area (Å²) in [4.78, 5) is 10.4. The van der Waals surface area contributed by atoms with Crippen molar-refractivity contribution in [2.75, 3.05) is 0 Å². The molecule has 0 radical (unpaired) electrons. The van der Waals surface area contributed by atoms with E-state index in [1.165, 1.54) is 57.1 Å². The number of rotatable bonds is 6. The number of unbranched alkanes of at least 4 members (excludes halogenated alkanes) is 3. The van der Waals surface area contributed by atoms with Gasteiger partial charge in [0, 0.05) is 0 Å². The number of benzene rings is 1. The van der Waals surface area contributed by atoms with Crippen molar-refractivity contribution < 1.29 is 15.0 Å². The smallest absolute Gasteiger partial charge is 0.339 e. The number of hydrogen-bond donors (Lipinski definition) is 2. The Labute approximate surface area is 121 Å². The topological polar surface area (TPSA) is 57.5 Å². The minimum Gasteiger partial charge on any atom is -0.507 e. The molecule has 3 heteroatoms. The van der Waals surface area contributed by atoms with E-state index >= 15 is 0 Å². The van der Waals surface area contributed by atoms with E-state index in [-0.39, 0.29) is 11.3 Å². The number of aromatic carboxylic acids is 1. The molecule has 20 heavy (non-hydrogen) atoms. The average molecular weight is 278 g/mol. The molecule has 1 aromatic rings. The fourth-order valence-electron chi connectivity index (χ4n) is 2.09. The van der Waals surface area contributed by atoms with Crippen molar-refractivity contribution in [3.05, 3.63) is 29.3 Å². The number of carboxylic acids is 1. The van der Waals surface area contributed by atoms with E-state index in [1.54, 1.807) is 13.0 Å². The summed E-state index contributed by atoms with van der Waals surface area (Å²) in [7, 11) is 0. The highest BCUT2D eigenvalue weighted by Gasteiger charge is 2.19. The first kappa shape index (κ1) is 16.5. The Morgan fingerprint density at radius 3 is 2.45 bits per heavy atom. The van der Waals surface area contributed by atoms with Gasteiger partial charge in [-0.05, 0) is 25.0 Å². The highest BCUT2D eigenvalue weighted by atomic mass is 16.4. The Morgan fingerprint density at radius 2 is 1.95 bits per heavy atom. The maximum atomic E-state index is 10.4. The van der Waals surface area contributed by atoms with E-state index in [9.17, 15) is 4.79 Å². The molecule has 3 nitrogen and oxygen atoms in total. The van der Waals surface area contributed by atoms with Crippen LogP contribution in [0.1, 0.15) is 67.8 Å². The Hall–Kier alpha value is -1.51. The minimum absolute atomic E-state index is 0.0509. The molecule has 112 valence electrons. The van der Waals surface area contributed by atoms with Crippen LogP contribution in [-0.2, 0) is 0 Å². The van der Waals surface area contributed by atoms with Crippen LogP contribution in [0.4, 0.5) is 0 Å². The predicted octanol–water partition coefficient (Wildman–Crippen LogP) is 4.77. The Morgan fingerprint density at radius 1 is 1.25 bits per heavy atom. The second-order valence-corrected chi connectivity index (χ2v) is 5.62. The van der Waals surface area contributed by atoms with Crippen LogP contribution in [0, 0.1) is 12.8 Å². The Bertz CT molecular complexity index is 422. The zero-order valence-electron chi connectivity index (χ0n) is 12.6. The number of carbonyl (C=O) groups is 1. The molecule has 1 saturated carbocycles. The van der Waals surface area contributed by atoms with Crippen LogP contribution in [0.15, 0.2) is 18.2 Å². The van der Waals surface area contributed by atoms with Crippen LogP contribution in [-0.4, -0.2) is 16.2 Å². The number of aryl methyl sites for hydroxylation is 1. The molecule has 0 bridgehead atoms. The van der Waals surface area contributed by atoms with E-state index in [1.807, 2.05) is 0 Å². The summed E-state index contributed by atoms with van der Waals surface area (Å²) < 4.78 is 0. The van der Waals surface area contributed by atoms with Crippen molar-refractivity contribution in [2.45, 2.75) is 58.8 Å². The first-order valence-electron chi connectivity index (χ1n) is 7.57. The lowest BCUT2D eigenvalue weighted by molar-refractivity contribution is 0.0693. The summed E-state index contributed by atoms with van der Waals surface area (Å²) in [5.74, 6) is -0.142. The number of hydrogen-bond acceptors (Lipinski definition) is 2. The van der Waals surface area contributed by atoms with Crippen molar-refractivity contribution in [3.63, 3.8) is 0 Å². The number of phenols is 1. The number of carboxylic acid groups (broad SMARTS) is 1. The van der Waals surface area contributed by atoms with Crippen LogP contribution in [0.2, 0.25) is 0 Å². The lowest BCUT2D eigenvalue weighted by Gasteiger charge is -1.98. The monoisotopic (exact) mass is 278 g/mol. The summed E-state index contributed by atoms with van der Waals surface area (Å²) in [6.45, 7) is 4.04. The highest BCUT2D eigenvalue weighted by molar-refractivity contribution is 5.90. The second-order valence-electron chi connectivity index (χ2n) is 5.62. The van der Waals surface area contributed by atoms with Crippen molar-refractivity contribution >= 4 is 5.97 Å². The molecule has 0 amide bonds. The molecule has 1 fully saturated rings. The van der Waals surface area contributed by atoms with Crippen molar-refractivity contribution in [3.8, 4) is 5.75 Å². The lowest BCUT2D eigenvalue weighted by atomic mass is 10.1. The summed E-state index contributed by atoms with van der Waals surface area (Å²) in [6.07, 6.45) is 10.4. The molecule has 0 atom stereocenters. The molecule has 1 aliphatic carbocycles. The molecule has 0 saturated heterocycles. The summed E-state index contributed by atoms with van der Waals surface area (Å²) >= 11 is 0. The molecule has 2 N–H and O–H groups in total. The summed E-state index contributed by atoms with van der Waals surface area (Å²) in [5, 5.41) is 17.6. The zero-order valence-corrected chi connectivity index (χ0v) is 12.6. The van der Waals surface area contributed by atoms with Crippen LogP contribution in [0.25, 0.3) is 0 Å². The van der Waals surface area contributed by atoms with Crippen LogP contribution < -0.4 is 0 Å². The van der Waals surface area contributed by atoms with Crippen LogP contribution in [0.5, 0.6) is 5.75 Å². The largest absolute Gasteiger partial charge is 0.507 e. The van der Waals surface area contributed by atoms with Gasteiger partial charge in [-0.3, -0.25) is 0 Å². The van der Waals surface area contributed by atoms with E-state index in [0.717, 1.165) is 11.5 Å². The van der Waals surface area contributed by atoms with Crippen molar-refractivity contribution in [2.24, 2.45) is 5.92 Å². The molecule has 0 aromatic heterocycles. The van der Waals surface area contributed by atoms with Gasteiger partial charge in [0.15, 0.2) is 0 Å². The van der Waals surface area contributed by atoms with Crippen molar-refractivity contribution in [1.29, 1.82) is 0 Å². The molecular weight excluding hydrogens is 252 g/mol. The van der Waals surface area contributed by atoms with Gasteiger partial charge in [-0.2, -0.15) is 0 Å². The molecule has 0 unspecified atom stereocenters. The van der Waals surface area contributed by atoms with Crippen LogP contribution >= 0.6 is 0 Å². The first-order valence-corrected chi connectivity index (χ1v) is 7.57. The fourth-order valence-corrected chi connectivity index (χ4v) is 2.09. The van der Waals surface area contributed by atoms with Crippen molar-refractivity contribution in [1.82, 2.24) is 0 Å². The normalized spacial score (nSPS) is 13.5. The molecular formula is C17H26O3. The predicted molar refractivity (Wildman–Crippen MR) is 81.3 cm³/mol. The zero-order chi connectivity index (χ0) is 15.0. The fraction of sp³-hybridized carbons (Fsp3) is 0.588. The third kappa shape index (κ3) is 6.60. The van der Waals surface area contributed by atoms with Crippen LogP contribution in [0.3, 0.4) is 0 Å². The Balaban J connectivity index is 0.000000204.